The smallest absolute Gasteiger partial charge is 0.230 e. The molecule has 0 bridgehead atoms. The lowest BCUT2D eigenvalue weighted by molar-refractivity contribution is -0.139. The van der Waals surface area contributed by atoms with Crippen LogP contribution in [0.2, 0.25) is 0 Å². The van der Waals surface area contributed by atoms with Crippen LogP contribution in [0.15, 0.2) is 24.4 Å². The van der Waals surface area contributed by atoms with Gasteiger partial charge in [-0.2, -0.15) is 0 Å². The first kappa shape index (κ1) is 12.6. The summed E-state index contributed by atoms with van der Waals surface area (Å²) in [5, 5.41) is 9.17. The Hall–Kier alpha value is -1.82. The zero-order valence-corrected chi connectivity index (χ0v) is 10.4. The van der Waals surface area contributed by atoms with Crippen molar-refractivity contribution in [1.29, 1.82) is 0 Å². The summed E-state index contributed by atoms with van der Waals surface area (Å²) >= 11 is 4.74. The van der Waals surface area contributed by atoms with Gasteiger partial charge in [0.05, 0.1) is 0 Å². The first-order valence-electron chi connectivity index (χ1n) is 5.57. The maximum atomic E-state index is 11.6. The highest BCUT2D eigenvalue weighted by Crippen LogP contribution is 2.18. The predicted molar refractivity (Wildman–Crippen MR) is 68.0 cm³/mol. The number of hydrogen-bond donors (Lipinski definition) is 1. The molecule has 2 amide bonds. The van der Waals surface area contributed by atoms with Crippen molar-refractivity contribution in [3.05, 3.63) is 30.1 Å². The number of thiocarbonyl (C=S) groups is 1. The van der Waals surface area contributed by atoms with Crippen molar-refractivity contribution in [2.24, 2.45) is 0 Å². The van der Waals surface area contributed by atoms with E-state index in [9.17, 15) is 14.7 Å². The monoisotopic (exact) mass is 264 g/mol. The van der Waals surface area contributed by atoms with Gasteiger partial charge in [0.2, 0.25) is 11.8 Å². The van der Waals surface area contributed by atoms with Crippen molar-refractivity contribution in [3.63, 3.8) is 0 Å². The van der Waals surface area contributed by atoms with Crippen LogP contribution >= 0.6 is 12.2 Å². The number of likely N-dealkylation sites (tertiary alicyclic amines) is 1. The van der Waals surface area contributed by atoms with Crippen LogP contribution in [0.25, 0.3) is 0 Å². The van der Waals surface area contributed by atoms with Gasteiger partial charge >= 0.3 is 0 Å². The summed E-state index contributed by atoms with van der Waals surface area (Å²) in [6, 6.07) is 4.53. The molecule has 1 aromatic heterocycles. The third-order valence-electron chi connectivity index (χ3n) is 2.82. The molecule has 1 saturated heterocycles. The Morgan fingerprint density at radius 3 is 2.56 bits per heavy atom. The number of aliphatic hydroxyl groups is 1. The van der Waals surface area contributed by atoms with Gasteiger partial charge in [0.25, 0.3) is 0 Å². The molecule has 1 aromatic rings. The van der Waals surface area contributed by atoms with Gasteiger partial charge in [-0.25, -0.2) is 0 Å². The van der Waals surface area contributed by atoms with Gasteiger partial charge < -0.3 is 5.11 Å². The highest BCUT2D eigenvalue weighted by atomic mass is 32.1. The summed E-state index contributed by atoms with van der Waals surface area (Å²) in [6.07, 6.45) is 2.22. The lowest BCUT2D eigenvalue weighted by atomic mass is 10.1. The molecule has 2 heterocycles. The van der Waals surface area contributed by atoms with E-state index in [1.54, 1.807) is 24.4 Å². The molecule has 5 nitrogen and oxygen atoms in total. The fourth-order valence-corrected chi connectivity index (χ4v) is 2.14. The number of aliphatic hydroxyl groups excluding tert-OH is 1. The number of rotatable bonds is 4. The van der Waals surface area contributed by atoms with Gasteiger partial charge in [-0.1, -0.05) is 6.07 Å². The van der Waals surface area contributed by atoms with Crippen molar-refractivity contribution < 1.29 is 14.7 Å². The van der Waals surface area contributed by atoms with Crippen LogP contribution in [0.1, 0.15) is 18.5 Å². The highest BCUT2D eigenvalue weighted by Gasteiger charge is 2.37. The minimum atomic E-state index is -0.794. The Balaban J connectivity index is 2.21. The lowest BCUT2D eigenvalue weighted by Gasteiger charge is -2.23. The average Bonchev–Trinajstić information content (AvgIpc) is 2.67. The number of pyridine rings is 1. The Morgan fingerprint density at radius 1 is 1.39 bits per heavy atom. The first-order valence-corrected chi connectivity index (χ1v) is 5.98. The van der Waals surface area contributed by atoms with Gasteiger partial charge in [-0.05, 0) is 24.4 Å². The number of imide groups is 1. The number of nitrogens with zero attached hydrogens (tertiary/aromatic N) is 2. The first-order chi connectivity index (χ1) is 8.59. The normalized spacial score (nSPS) is 17.0. The van der Waals surface area contributed by atoms with E-state index >= 15 is 0 Å². The van der Waals surface area contributed by atoms with Crippen LogP contribution < -0.4 is 0 Å². The number of aromatic nitrogens is 1. The van der Waals surface area contributed by atoms with Gasteiger partial charge in [-0.15, -0.1) is 0 Å². The van der Waals surface area contributed by atoms with E-state index in [2.05, 4.69) is 4.98 Å². The van der Waals surface area contributed by atoms with E-state index in [4.69, 9.17) is 12.2 Å². The minimum Gasteiger partial charge on any atom is -0.500 e. The number of amides is 2. The molecule has 1 atom stereocenters. The fourth-order valence-electron chi connectivity index (χ4n) is 1.95. The maximum absolute atomic E-state index is 11.6. The molecule has 0 aromatic carbocycles. The zero-order chi connectivity index (χ0) is 13.1. The van der Waals surface area contributed by atoms with Crippen molar-refractivity contribution in [2.45, 2.75) is 25.3 Å². The van der Waals surface area contributed by atoms with Crippen LogP contribution in [0.4, 0.5) is 0 Å². The molecule has 94 valence electrons. The highest BCUT2D eigenvalue weighted by molar-refractivity contribution is 7.80. The molecule has 18 heavy (non-hydrogen) atoms. The number of carbonyl (C=O) groups is 2. The third-order valence-corrected chi connectivity index (χ3v) is 3.09. The van der Waals surface area contributed by atoms with Gasteiger partial charge in [0, 0.05) is 31.2 Å². The predicted octanol–water partition coefficient (Wildman–Crippen LogP) is 1.03. The number of carbonyl (C=O) groups excluding carboxylic acids is 2. The van der Waals surface area contributed by atoms with E-state index in [0.29, 0.717) is 5.69 Å². The van der Waals surface area contributed by atoms with Crippen molar-refractivity contribution >= 4 is 29.1 Å². The van der Waals surface area contributed by atoms with E-state index in [-0.39, 0.29) is 36.1 Å². The van der Waals surface area contributed by atoms with Crippen LogP contribution in [0.5, 0.6) is 0 Å². The molecule has 1 fully saturated rings. The van der Waals surface area contributed by atoms with Crippen LogP contribution in [-0.4, -0.2) is 37.9 Å². The molecule has 6 heteroatoms. The third kappa shape index (κ3) is 2.53. The van der Waals surface area contributed by atoms with E-state index in [0.717, 1.165) is 4.90 Å². The second-order valence-electron chi connectivity index (χ2n) is 4.04. The Morgan fingerprint density at radius 2 is 2.06 bits per heavy atom. The molecule has 0 saturated carbocycles. The molecule has 1 aliphatic rings. The van der Waals surface area contributed by atoms with E-state index < -0.39 is 6.04 Å². The molecular weight excluding hydrogens is 252 g/mol. The second-order valence-corrected chi connectivity index (χ2v) is 4.45. The lowest BCUT2D eigenvalue weighted by Crippen LogP contribution is -2.45. The quantitative estimate of drug-likeness (QED) is 0.649. The molecule has 1 aliphatic heterocycles. The molecule has 2 rings (SSSR count). The Labute approximate surface area is 109 Å². The molecule has 0 aliphatic carbocycles. The summed E-state index contributed by atoms with van der Waals surface area (Å²) in [6.45, 7) is 0. The fraction of sp³-hybridized carbons (Fsp3) is 0.333. The average molecular weight is 264 g/mol. The van der Waals surface area contributed by atoms with E-state index in [1.165, 1.54) is 0 Å². The van der Waals surface area contributed by atoms with Gasteiger partial charge in [0.15, 0.2) is 5.05 Å². The number of hydrogen-bond acceptors (Lipinski definition) is 4. The summed E-state index contributed by atoms with van der Waals surface area (Å²) in [7, 11) is 0. The maximum Gasteiger partial charge on any atom is 0.230 e. The van der Waals surface area contributed by atoms with Crippen molar-refractivity contribution in [3.8, 4) is 0 Å². The Kier molecular flexibility index (Phi) is 3.66. The molecule has 1 N–H and O–H groups in total. The summed E-state index contributed by atoms with van der Waals surface area (Å²) in [5.74, 6) is -0.588. The summed E-state index contributed by atoms with van der Waals surface area (Å²) in [5.41, 5.74) is 0.673. The molecule has 1 unspecified atom stereocenters. The SMILES string of the molecule is O=C1CCC(=O)N1C(Cc1ccccn1)C(O)=S. The summed E-state index contributed by atoms with van der Waals surface area (Å²) in [4.78, 5) is 28.4. The van der Waals surface area contributed by atoms with Gasteiger partial charge in [-0.3, -0.25) is 19.5 Å². The van der Waals surface area contributed by atoms with E-state index in [1.807, 2.05) is 0 Å². The largest absolute Gasteiger partial charge is 0.500 e. The Bertz CT molecular complexity index is 473. The van der Waals surface area contributed by atoms with Crippen LogP contribution in [-0.2, 0) is 16.0 Å². The van der Waals surface area contributed by atoms with Crippen LogP contribution in [0, 0.1) is 0 Å². The summed E-state index contributed by atoms with van der Waals surface area (Å²) < 4.78 is 0. The molecular formula is C12H12N2O3S. The van der Waals surface area contributed by atoms with Crippen molar-refractivity contribution in [1.82, 2.24) is 9.88 Å². The van der Waals surface area contributed by atoms with Crippen LogP contribution in [0.3, 0.4) is 0 Å². The second kappa shape index (κ2) is 5.22. The van der Waals surface area contributed by atoms with Crippen molar-refractivity contribution in [2.75, 3.05) is 0 Å². The standard InChI is InChI=1S/C12H12N2O3S/c15-10-4-5-11(16)14(10)9(12(17)18)7-8-3-1-2-6-13-8/h1-3,6,9H,4-5,7H2,(H,17,18). The molecule has 0 radical (unpaired) electrons. The van der Waals surface area contributed by atoms with Gasteiger partial charge in [0.1, 0.15) is 6.04 Å². The zero-order valence-electron chi connectivity index (χ0n) is 9.57. The topological polar surface area (TPSA) is 70.5 Å². The molecule has 0 spiro atoms. The minimum absolute atomic E-state index is 0.181.